The van der Waals surface area contributed by atoms with Crippen LogP contribution in [-0.4, -0.2) is 20.7 Å². The number of phenolic OH excluding ortho intramolecular Hbond substituents is 2. The van der Waals surface area contributed by atoms with Crippen LogP contribution in [-0.2, 0) is 33.2 Å². The fourth-order valence-electron chi connectivity index (χ4n) is 8.60. The fourth-order valence-corrected chi connectivity index (χ4v) is 11.7. The molecule has 4 aromatic rings. The van der Waals surface area contributed by atoms with Gasteiger partial charge in [-0.2, -0.15) is 23.5 Å². The number of phenols is 2. The molecule has 1 fully saturated rings. The van der Waals surface area contributed by atoms with Crippen molar-refractivity contribution in [3.8, 4) is 11.5 Å². The van der Waals surface area contributed by atoms with E-state index in [1.807, 2.05) is 23.5 Å². The second-order valence-electron chi connectivity index (χ2n) is 20.3. The first kappa shape index (κ1) is 44.3. The molecule has 1 saturated carbocycles. The molecule has 0 spiro atoms. The minimum absolute atomic E-state index is 0.0473. The molecule has 0 heterocycles. The number of thioether (sulfide) groups is 2. The minimum atomic E-state index is -0.352. The highest BCUT2D eigenvalue weighted by Crippen LogP contribution is 2.47. The van der Waals surface area contributed by atoms with Gasteiger partial charge in [-0.25, -0.2) is 0 Å². The summed E-state index contributed by atoms with van der Waals surface area (Å²) in [5.41, 5.74) is 13.4. The summed E-state index contributed by atoms with van der Waals surface area (Å²) in [7, 11) is 0. The van der Waals surface area contributed by atoms with Gasteiger partial charge in [-0.15, -0.1) is 0 Å². The lowest BCUT2D eigenvalue weighted by atomic mass is 9.74. The highest BCUT2D eigenvalue weighted by atomic mass is 32.2. The van der Waals surface area contributed by atoms with Crippen molar-refractivity contribution in [3.63, 3.8) is 0 Å². The van der Waals surface area contributed by atoms with Crippen LogP contribution in [0.25, 0.3) is 0 Å². The zero-order valence-corrected chi connectivity index (χ0v) is 38.9. The van der Waals surface area contributed by atoms with Gasteiger partial charge >= 0.3 is 0 Å². The molecule has 5 rings (SSSR count). The second-order valence-corrected chi connectivity index (χ2v) is 22.7. The zero-order valence-electron chi connectivity index (χ0n) is 37.3. The number of aromatic hydroxyl groups is 2. The van der Waals surface area contributed by atoms with E-state index in [1.54, 1.807) is 0 Å². The first-order valence-electron chi connectivity index (χ1n) is 21.1. The number of rotatable bonds is 10. The molecule has 2 atom stereocenters. The van der Waals surface area contributed by atoms with E-state index in [0.717, 1.165) is 33.8 Å². The van der Waals surface area contributed by atoms with Crippen molar-refractivity contribution in [2.75, 3.05) is 0 Å². The fraction of sp³-hybridized carbons (Fsp3) is 0.538. The lowest BCUT2D eigenvalue weighted by Gasteiger charge is -2.33. The van der Waals surface area contributed by atoms with Gasteiger partial charge in [0.2, 0.25) is 0 Å². The lowest BCUT2D eigenvalue weighted by molar-refractivity contribution is 0.445. The van der Waals surface area contributed by atoms with Crippen LogP contribution in [0.15, 0.2) is 60.7 Å². The highest BCUT2D eigenvalue weighted by Gasteiger charge is 2.33. The van der Waals surface area contributed by atoms with E-state index in [2.05, 4.69) is 158 Å². The number of benzene rings is 4. The topological polar surface area (TPSA) is 40.5 Å². The molecule has 304 valence electrons. The summed E-state index contributed by atoms with van der Waals surface area (Å²) < 4.78 is 0. The third-order valence-electron chi connectivity index (χ3n) is 12.4. The highest BCUT2D eigenvalue weighted by molar-refractivity contribution is 8.03. The standard InChI is InChI=1S/C52H72O2S2/c1-33-21-34(2)24-41(23-33)51(11,12)43-29-39(49(5,6)7)27-37(47(43)53)31-55-45-19-17-15-16-18-20-46(45)56-32-38-28-40(50(8,9)10)30-44(48(38)54)52(13,14)42-25-35(3)22-36(4)26-42/h21-30,45-46,53-54H,15-20,31-32H2,1-14H3/t45-,46-/m1/s1. The summed E-state index contributed by atoms with van der Waals surface area (Å²) in [5, 5.41) is 25.2. The maximum absolute atomic E-state index is 12.1. The molecule has 1 aliphatic rings. The number of hydrogen-bond donors (Lipinski definition) is 2. The van der Waals surface area contributed by atoms with E-state index in [4.69, 9.17) is 0 Å². The van der Waals surface area contributed by atoms with Gasteiger partial charge in [0.15, 0.2) is 0 Å². The Bertz CT molecular complexity index is 1820. The van der Waals surface area contributed by atoms with Gasteiger partial charge in [0.1, 0.15) is 11.5 Å². The molecule has 2 nitrogen and oxygen atoms in total. The van der Waals surface area contributed by atoms with Crippen molar-refractivity contribution in [2.24, 2.45) is 0 Å². The van der Waals surface area contributed by atoms with E-state index < -0.39 is 0 Å². The van der Waals surface area contributed by atoms with Crippen LogP contribution in [0, 0.1) is 27.7 Å². The SMILES string of the molecule is Cc1cc(C)cc(C(C)(C)c2cc(C(C)(C)C)cc(CS[C@@H]3CCCCCC[C@H]3SCc3cc(C(C)(C)C)cc(C(C)(C)c4cc(C)cc(C)c4)c3O)c2O)c1. The maximum Gasteiger partial charge on any atom is 0.123 e. The van der Waals surface area contributed by atoms with Crippen molar-refractivity contribution in [1.82, 2.24) is 0 Å². The van der Waals surface area contributed by atoms with Crippen LogP contribution >= 0.6 is 23.5 Å². The average Bonchev–Trinajstić information content (AvgIpc) is 3.06. The Hall–Kier alpha value is -2.82. The molecular formula is C52H72O2S2. The van der Waals surface area contributed by atoms with E-state index in [9.17, 15) is 10.2 Å². The summed E-state index contributed by atoms with van der Waals surface area (Å²) in [6, 6.07) is 22.7. The van der Waals surface area contributed by atoms with Crippen LogP contribution < -0.4 is 0 Å². The van der Waals surface area contributed by atoms with Gasteiger partial charge in [0.25, 0.3) is 0 Å². The molecule has 4 heteroatoms. The van der Waals surface area contributed by atoms with E-state index in [0.29, 0.717) is 22.0 Å². The normalized spacial score (nSPS) is 17.5. The third-order valence-corrected chi connectivity index (χ3v) is 15.5. The lowest BCUT2D eigenvalue weighted by Crippen LogP contribution is -2.24. The van der Waals surface area contributed by atoms with Gasteiger partial charge in [0.05, 0.1) is 0 Å². The molecule has 1 aliphatic carbocycles. The summed E-state index contributed by atoms with van der Waals surface area (Å²) in [6.45, 7) is 31.4. The molecule has 0 saturated heterocycles. The second kappa shape index (κ2) is 17.2. The maximum atomic E-state index is 12.1. The van der Waals surface area contributed by atoms with Gasteiger partial charge in [0, 0.05) is 55.1 Å². The van der Waals surface area contributed by atoms with Gasteiger partial charge < -0.3 is 10.2 Å². The first-order valence-corrected chi connectivity index (χ1v) is 23.2. The van der Waals surface area contributed by atoms with Crippen LogP contribution in [0.5, 0.6) is 11.5 Å². The monoisotopic (exact) mass is 792 g/mol. The molecule has 0 radical (unpaired) electrons. The quantitative estimate of drug-likeness (QED) is 0.168. The Morgan fingerprint density at radius 2 is 0.768 bits per heavy atom. The molecule has 0 aromatic heterocycles. The number of aryl methyl sites for hydroxylation is 4. The Morgan fingerprint density at radius 1 is 0.446 bits per heavy atom. The van der Waals surface area contributed by atoms with E-state index >= 15 is 0 Å². The van der Waals surface area contributed by atoms with Crippen molar-refractivity contribution in [3.05, 3.63) is 127 Å². The largest absolute Gasteiger partial charge is 0.507 e. The molecule has 0 bridgehead atoms. The van der Waals surface area contributed by atoms with E-state index in [-0.39, 0.29) is 21.7 Å². The van der Waals surface area contributed by atoms with Crippen molar-refractivity contribution in [2.45, 2.75) is 179 Å². The Kier molecular flexibility index (Phi) is 13.6. The average molecular weight is 793 g/mol. The Balaban J connectivity index is 1.47. The predicted octanol–water partition coefficient (Wildman–Crippen LogP) is 14.8. The first-order chi connectivity index (χ1) is 26.0. The van der Waals surface area contributed by atoms with Crippen LogP contribution in [0.4, 0.5) is 0 Å². The van der Waals surface area contributed by atoms with Gasteiger partial charge in [-0.05, 0) is 73.6 Å². The zero-order chi connectivity index (χ0) is 41.4. The molecular weight excluding hydrogens is 721 g/mol. The Labute approximate surface area is 350 Å². The smallest absolute Gasteiger partial charge is 0.123 e. The third kappa shape index (κ3) is 10.2. The van der Waals surface area contributed by atoms with E-state index in [1.165, 1.54) is 83.0 Å². The van der Waals surface area contributed by atoms with Gasteiger partial charge in [-0.3, -0.25) is 0 Å². The summed E-state index contributed by atoms with van der Waals surface area (Å²) >= 11 is 4.09. The molecule has 0 amide bonds. The molecule has 4 aromatic carbocycles. The molecule has 2 N–H and O–H groups in total. The minimum Gasteiger partial charge on any atom is -0.507 e. The predicted molar refractivity (Wildman–Crippen MR) is 248 cm³/mol. The van der Waals surface area contributed by atoms with Crippen LogP contribution in [0.2, 0.25) is 0 Å². The summed E-state index contributed by atoms with van der Waals surface area (Å²) in [5.74, 6) is 2.47. The number of hydrogen-bond acceptors (Lipinski definition) is 4. The van der Waals surface area contributed by atoms with Crippen LogP contribution in [0.1, 0.15) is 175 Å². The van der Waals surface area contributed by atoms with Gasteiger partial charge in [-0.1, -0.05) is 178 Å². The molecule has 0 unspecified atom stereocenters. The van der Waals surface area contributed by atoms with Crippen molar-refractivity contribution < 1.29 is 10.2 Å². The Morgan fingerprint density at radius 3 is 1.07 bits per heavy atom. The summed E-state index contributed by atoms with van der Waals surface area (Å²) in [6.07, 6.45) is 7.43. The summed E-state index contributed by atoms with van der Waals surface area (Å²) in [4.78, 5) is 0. The van der Waals surface area contributed by atoms with Crippen molar-refractivity contribution >= 4 is 23.5 Å². The van der Waals surface area contributed by atoms with Crippen LogP contribution in [0.3, 0.4) is 0 Å². The molecule has 0 aliphatic heterocycles. The van der Waals surface area contributed by atoms with Crippen molar-refractivity contribution in [1.29, 1.82) is 0 Å². The molecule has 56 heavy (non-hydrogen) atoms.